The Morgan fingerprint density at radius 3 is 1.62 bits per heavy atom. The van der Waals surface area contributed by atoms with Gasteiger partial charge in [-0.25, -0.2) is 0 Å². The summed E-state index contributed by atoms with van der Waals surface area (Å²) in [7, 11) is 0. The van der Waals surface area contributed by atoms with Crippen molar-refractivity contribution >= 4 is 11.8 Å². The number of aryl methyl sites for hydroxylation is 2. The number of amides is 2. The Labute approximate surface area is 206 Å². The van der Waals surface area contributed by atoms with Crippen LogP contribution in [0.25, 0.3) is 0 Å². The van der Waals surface area contributed by atoms with Crippen LogP contribution in [0.4, 0.5) is 0 Å². The number of carbonyl (C=O) groups excluding carboxylic acids is 2. The highest BCUT2D eigenvalue weighted by atomic mass is 16.5. The van der Waals surface area contributed by atoms with Crippen molar-refractivity contribution in [2.75, 3.05) is 13.2 Å². The van der Waals surface area contributed by atoms with E-state index < -0.39 is 0 Å². The van der Waals surface area contributed by atoms with E-state index in [1.807, 2.05) is 90.1 Å². The van der Waals surface area contributed by atoms with Gasteiger partial charge in [0.05, 0.1) is 0 Å². The number of ether oxygens (including phenoxy) is 2. The number of nitrogens with one attached hydrogen (secondary N) is 2. The highest BCUT2D eigenvalue weighted by molar-refractivity contribution is 5.78. The number of benzene rings is 2. The largest absolute Gasteiger partial charge is 0.484 e. The lowest BCUT2D eigenvalue weighted by molar-refractivity contribution is -0.124. The van der Waals surface area contributed by atoms with Gasteiger partial charge in [0, 0.05) is 12.1 Å². The van der Waals surface area contributed by atoms with Crippen LogP contribution in [0, 0.1) is 0 Å². The van der Waals surface area contributed by atoms with Crippen LogP contribution in [-0.2, 0) is 22.4 Å². The molecule has 0 aliphatic rings. The third-order valence-electron chi connectivity index (χ3n) is 4.28. The van der Waals surface area contributed by atoms with Gasteiger partial charge in [-0.3, -0.25) is 9.59 Å². The van der Waals surface area contributed by atoms with Crippen LogP contribution in [0.3, 0.4) is 0 Å². The highest BCUT2D eigenvalue weighted by Gasteiger charge is 2.05. The van der Waals surface area contributed by atoms with E-state index in [4.69, 9.17) is 9.47 Å². The molecule has 2 N–H and O–H groups in total. The fourth-order valence-corrected chi connectivity index (χ4v) is 2.70. The first-order valence-electron chi connectivity index (χ1n) is 12.3. The first-order chi connectivity index (χ1) is 16.2. The van der Waals surface area contributed by atoms with Gasteiger partial charge >= 0.3 is 0 Å². The van der Waals surface area contributed by atoms with E-state index >= 15 is 0 Å². The van der Waals surface area contributed by atoms with Crippen LogP contribution < -0.4 is 20.1 Å². The van der Waals surface area contributed by atoms with Gasteiger partial charge in [-0.15, -0.1) is 0 Å². The third kappa shape index (κ3) is 14.9. The van der Waals surface area contributed by atoms with Gasteiger partial charge in [0.25, 0.3) is 11.8 Å². The summed E-state index contributed by atoms with van der Waals surface area (Å²) >= 11 is 0. The summed E-state index contributed by atoms with van der Waals surface area (Å²) in [5.74, 6) is 1.31. The maximum Gasteiger partial charge on any atom is 0.258 e. The van der Waals surface area contributed by atoms with E-state index in [1.165, 1.54) is 11.1 Å². The summed E-state index contributed by atoms with van der Waals surface area (Å²) in [6.45, 7) is 16.0. The number of carbonyl (C=O) groups is 2. The minimum absolute atomic E-state index is 0.0731. The molecule has 0 atom stereocenters. The summed E-state index contributed by atoms with van der Waals surface area (Å²) in [4.78, 5) is 22.7. The van der Waals surface area contributed by atoms with E-state index in [0.29, 0.717) is 0 Å². The van der Waals surface area contributed by atoms with Crippen molar-refractivity contribution in [1.82, 2.24) is 10.6 Å². The van der Waals surface area contributed by atoms with E-state index in [1.54, 1.807) is 0 Å². The molecule has 0 aromatic heterocycles. The van der Waals surface area contributed by atoms with Crippen molar-refractivity contribution < 1.29 is 19.1 Å². The van der Waals surface area contributed by atoms with Crippen LogP contribution >= 0.6 is 0 Å². The van der Waals surface area contributed by atoms with Gasteiger partial charge in [0.1, 0.15) is 11.5 Å². The van der Waals surface area contributed by atoms with Crippen LogP contribution in [0.2, 0.25) is 0 Å². The molecule has 6 heteroatoms. The molecular formula is C28H44N2O4. The van der Waals surface area contributed by atoms with E-state index in [-0.39, 0.29) is 37.1 Å². The molecule has 0 saturated heterocycles. The zero-order chi connectivity index (χ0) is 25.9. The molecule has 0 radical (unpaired) electrons. The molecule has 34 heavy (non-hydrogen) atoms. The molecule has 0 fully saturated rings. The van der Waals surface area contributed by atoms with Crippen LogP contribution in [0.5, 0.6) is 11.5 Å². The fraction of sp³-hybridized carbons (Fsp3) is 0.500. The van der Waals surface area contributed by atoms with Crippen molar-refractivity contribution in [3.8, 4) is 11.5 Å². The Bertz CT molecular complexity index is 817. The molecule has 2 aromatic carbocycles. The second kappa shape index (κ2) is 18.4. The zero-order valence-electron chi connectivity index (χ0n) is 22.2. The molecule has 6 nitrogen and oxygen atoms in total. The highest BCUT2D eigenvalue weighted by Crippen LogP contribution is 2.13. The molecule has 0 spiro atoms. The molecule has 2 aromatic rings. The molecule has 0 saturated carbocycles. The first kappa shape index (κ1) is 31.0. The van der Waals surface area contributed by atoms with Gasteiger partial charge in [0.2, 0.25) is 0 Å². The van der Waals surface area contributed by atoms with E-state index in [2.05, 4.69) is 24.5 Å². The normalized spacial score (nSPS) is 9.82. The molecule has 0 heterocycles. The lowest BCUT2D eigenvalue weighted by Gasteiger charge is -2.10. The minimum Gasteiger partial charge on any atom is -0.484 e. The van der Waals surface area contributed by atoms with Crippen molar-refractivity contribution in [3.05, 3.63) is 59.7 Å². The molecule has 0 aliphatic carbocycles. The smallest absolute Gasteiger partial charge is 0.258 e. The lowest BCUT2D eigenvalue weighted by atomic mass is 10.2. The Kier molecular flexibility index (Phi) is 16.8. The molecule has 2 amide bonds. The molecule has 0 aliphatic heterocycles. The lowest BCUT2D eigenvalue weighted by Crippen LogP contribution is -2.34. The summed E-state index contributed by atoms with van der Waals surface area (Å²) in [6.07, 6.45) is 1.98. The second-order valence-corrected chi connectivity index (χ2v) is 8.02. The fourth-order valence-electron chi connectivity index (χ4n) is 2.70. The Balaban J connectivity index is 0.000000597. The standard InChI is InChI=1S/2C13H19NO2.C2H6/c1-4-11-5-7-12(8-6-11)16-9-13(15)14-10(2)3;1-4-11-6-5-7-12(8-11)16-9-13(15)14-10(2)3;1-2/h2*5-8,10H,4,9H2,1-3H3,(H,14,15);1-2H3. The third-order valence-corrected chi connectivity index (χ3v) is 4.28. The number of hydrogen-bond donors (Lipinski definition) is 2. The van der Waals surface area contributed by atoms with E-state index in [0.717, 1.165) is 24.3 Å². The SMILES string of the molecule is CC.CCc1ccc(OCC(=O)NC(C)C)cc1.CCc1cccc(OCC(=O)NC(C)C)c1. The molecule has 0 unspecified atom stereocenters. The predicted molar refractivity (Wildman–Crippen MR) is 141 cm³/mol. The van der Waals surface area contributed by atoms with Crippen molar-refractivity contribution in [2.45, 2.75) is 80.3 Å². The number of rotatable bonds is 10. The average molecular weight is 473 g/mol. The Morgan fingerprint density at radius 2 is 1.18 bits per heavy atom. The van der Waals surface area contributed by atoms with Gasteiger partial charge < -0.3 is 20.1 Å². The maximum absolute atomic E-state index is 11.3. The van der Waals surface area contributed by atoms with Crippen LogP contribution in [-0.4, -0.2) is 37.1 Å². The predicted octanol–water partition coefficient (Wildman–Crippen LogP) is 5.33. The Hall–Kier alpha value is -3.02. The van der Waals surface area contributed by atoms with Crippen molar-refractivity contribution in [3.63, 3.8) is 0 Å². The first-order valence-corrected chi connectivity index (χ1v) is 12.3. The minimum atomic E-state index is -0.0884. The van der Waals surface area contributed by atoms with Crippen molar-refractivity contribution in [1.29, 1.82) is 0 Å². The summed E-state index contributed by atoms with van der Waals surface area (Å²) in [5.41, 5.74) is 2.47. The maximum atomic E-state index is 11.3. The molecule has 0 bridgehead atoms. The second-order valence-electron chi connectivity index (χ2n) is 8.02. The van der Waals surface area contributed by atoms with Gasteiger partial charge in [-0.05, 0) is 75.9 Å². The average Bonchev–Trinajstić information content (AvgIpc) is 2.83. The van der Waals surface area contributed by atoms with Crippen LogP contribution in [0.15, 0.2) is 48.5 Å². The number of hydrogen-bond acceptors (Lipinski definition) is 4. The zero-order valence-corrected chi connectivity index (χ0v) is 22.2. The summed E-state index contributed by atoms with van der Waals surface area (Å²) in [6, 6.07) is 15.9. The summed E-state index contributed by atoms with van der Waals surface area (Å²) < 4.78 is 10.8. The molecule has 2 rings (SSSR count). The van der Waals surface area contributed by atoms with Gasteiger partial charge in [0.15, 0.2) is 13.2 Å². The summed E-state index contributed by atoms with van der Waals surface area (Å²) in [5, 5.41) is 5.55. The van der Waals surface area contributed by atoms with Gasteiger partial charge in [-0.2, -0.15) is 0 Å². The van der Waals surface area contributed by atoms with Crippen LogP contribution in [0.1, 0.15) is 66.5 Å². The topological polar surface area (TPSA) is 76.7 Å². The quantitative estimate of drug-likeness (QED) is 0.490. The van der Waals surface area contributed by atoms with E-state index in [9.17, 15) is 9.59 Å². The Morgan fingerprint density at radius 1 is 0.706 bits per heavy atom. The molecule has 190 valence electrons. The van der Waals surface area contributed by atoms with Gasteiger partial charge in [-0.1, -0.05) is 52.0 Å². The van der Waals surface area contributed by atoms with Crippen molar-refractivity contribution in [2.24, 2.45) is 0 Å². The monoisotopic (exact) mass is 472 g/mol. The molecular weight excluding hydrogens is 428 g/mol.